The normalized spacial score (nSPS) is 31.2. The van der Waals surface area contributed by atoms with Crippen molar-refractivity contribution in [1.29, 1.82) is 0 Å². The van der Waals surface area contributed by atoms with Crippen LogP contribution in [0.5, 0.6) is 0 Å². The van der Waals surface area contributed by atoms with E-state index in [1.807, 2.05) is 0 Å². The molecule has 0 heterocycles. The Morgan fingerprint density at radius 1 is 1.00 bits per heavy atom. The van der Waals surface area contributed by atoms with Crippen molar-refractivity contribution in [3.05, 3.63) is 0 Å². The molecule has 0 saturated heterocycles. The van der Waals surface area contributed by atoms with Crippen molar-refractivity contribution in [2.75, 3.05) is 7.05 Å². The van der Waals surface area contributed by atoms with E-state index >= 15 is 0 Å². The van der Waals surface area contributed by atoms with E-state index in [1.165, 1.54) is 64.2 Å². The van der Waals surface area contributed by atoms with Crippen molar-refractivity contribution in [1.82, 2.24) is 5.32 Å². The van der Waals surface area contributed by atoms with Crippen LogP contribution in [0.25, 0.3) is 0 Å². The van der Waals surface area contributed by atoms with Crippen molar-refractivity contribution in [3.8, 4) is 0 Å². The van der Waals surface area contributed by atoms with Crippen LogP contribution >= 0.6 is 0 Å². The van der Waals surface area contributed by atoms with Crippen LogP contribution in [-0.4, -0.2) is 13.1 Å². The third-order valence-electron chi connectivity index (χ3n) is 5.76. The van der Waals surface area contributed by atoms with Gasteiger partial charge in [0, 0.05) is 6.04 Å². The summed E-state index contributed by atoms with van der Waals surface area (Å²) in [7, 11) is 2.19. The Morgan fingerprint density at radius 2 is 1.67 bits per heavy atom. The highest BCUT2D eigenvalue weighted by Gasteiger charge is 2.37. The Morgan fingerprint density at radius 3 is 2.28 bits per heavy atom. The van der Waals surface area contributed by atoms with Gasteiger partial charge in [0.25, 0.3) is 0 Å². The molecule has 2 saturated carbocycles. The molecule has 1 N–H and O–H groups in total. The molecule has 2 unspecified atom stereocenters. The van der Waals surface area contributed by atoms with Crippen LogP contribution in [0.2, 0.25) is 0 Å². The predicted molar refractivity (Wildman–Crippen MR) is 79.8 cm³/mol. The molecule has 0 aromatic heterocycles. The quantitative estimate of drug-likeness (QED) is 0.759. The summed E-state index contributed by atoms with van der Waals surface area (Å²) in [6, 6.07) is 0.767. The Labute approximate surface area is 114 Å². The largest absolute Gasteiger partial charge is 0.317 e. The molecule has 1 nitrogen and oxygen atoms in total. The van der Waals surface area contributed by atoms with Crippen molar-refractivity contribution in [2.45, 2.75) is 84.1 Å². The Bertz CT molecular complexity index is 240. The molecule has 0 amide bonds. The maximum atomic E-state index is 3.67. The molecule has 2 aliphatic rings. The molecule has 2 atom stereocenters. The molecule has 1 heteroatoms. The molecule has 18 heavy (non-hydrogen) atoms. The second-order valence-corrected chi connectivity index (χ2v) is 7.48. The lowest BCUT2D eigenvalue weighted by molar-refractivity contribution is 0.0870. The van der Waals surface area contributed by atoms with E-state index in [1.54, 1.807) is 0 Å². The van der Waals surface area contributed by atoms with Crippen LogP contribution in [0.4, 0.5) is 0 Å². The Hall–Kier alpha value is -0.0400. The predicted octanol–water partition coefficient (Wildman–Crippen LogP) is 4.76. The molecule has 0 radical (unpaired) electrons. The minimum atomic E-state index is 0.556. The molecule has 0 aliphatic heterocycles. The second-order valence-electron chi connectivity index (χ2n) is 7.48. The van der Waals surface area contributed by atoms with Crippen LogP contribution in [-0.2, 0) is 0 Å². The van der Waals surface area contributed by atoms with Gasteiger partial charge in [-0.2, -0.15) is 0 Å². The Balaban J connectivity index is 1.93. The lowest BCUT2D eigenvalue weighted by Crippen LogP contribution is -2.44. The van der Waals surface area contributed by atoms with E-state index in [9.17, 15) is 0 Å². The van der Waals surface area contributed by atoms with Gasteiger partial charge < -0.3 is 5.32 Å². The molecule has 2 fully saturated rings. The van der Waals surface area contributed by atoms with Gasteiger partial charge in [0.1, 0.15) is 0 Å². The number of nitrogens with one attached hydrogen (secondary N) is 1. The zero-order chi connectivity index (χ0) is 13.0. The van der Waals surface area contributed by atoms with Crippen LogP contribution < -0.4 is 5.32 Å². The third-order valence-corrected chi connectivity index (χ3v) is 5.76. The maximum absolute atomic E-state index is 3.67. The van der Waals surface area contributed by atoms with Gasteiger partial charge in [0.15, 0.2) is 0 Å². The van der Waals surface area contributed by atoms with Crippen LogP contribution in [0.1, 0.15) is 78.1 Å². The average Bonchev–Trinajstić information content (AvgIpc) is 2.37. The molecular weight excluding hydrogens is 218 g/mol. The van der Waals surface area contributed by atoms with E-state index in [0.29, 0.717) is 5.41 Å². The Kier molecular flexibility index (Phi) is 5.12. The summed E-state index contributed by atoms with van der Waals surface area (Å²) >= 11 is 0. The van der Waals surface area contributed by atoms with Gasteiger partial charge in [0.2, 0.25) is 0 Å². The van der Waals surface area contributed by atoms with Gasteiger partial charge in [-0.3, -0.25) is 0 Å². The summed E-state index contributed by atoms with van der Waals surface area (Å²) < 4.78 is 0. The summed E-state index contributed by atoms with van der Waals surface area (Å²) in [5, 5.41) is 3.67. The van der Waals surface area contributed by atoms with Crippen molar-refractivity contribution >= 4 is 0 Å². The minimum Gasteiger partial charge on any atom is -0.317 e. The lowest BCUT2D eigenvalue weighted by atomic mass is 9.64. The number of hydrogen-bond donors (Lipinski definition) is 1. The van der Waals surface area contributed by atoms with Gasteiger partial charge in [-0.15, -0.1) is 0 Å². The van der Waals surface area contributed by atoms with E-state index in [4.69, 9.17) is 0 Å². The monoisotopic (exact) mass is 251 g/mol. The number of hydrogen-bond acceptors (Lipinski definition) is 1. The molecular formula is C17H33N. The van der Waals surface area contributed by atoms with E-state index in [0.717, 1.165) is 17.9 Å². The SMILES string of the molecule is CNC(CC1CCCCC1)C1CCCCC1(C)C. The maximum Gasteiger partial charge on any atom is 0.0100 e. The molecule has 0 aromatic carbocycles. The summed E-state index contributed by atoms with van der Waals surface area (Å²) in [4.78, 5) is 0. The standard InChI is InChI=1S/C17H33N/c1-17(2)12-8-7-11-15(17)16(18-3)13-14-9-5-4-6-10-14/h14-16,18H,4-13H2,1-3H3. The lowest BCUT2D eigenvalue weighted by Gasteiger charge is -2.44. The van der Waals surface area contributed by atoms with Crippen molar-refractivity contribution < 1.29 is 0 Å². The van der Waals surface area contributed by atoms with Gasteiger partial charge in [0.05, 0.1) is 0 Å². The smallest absolute Gasteiger partial charge is 0.0100 e. The first-order valence-electron chi connectivity index (χ1n) is 8.31. The van der Waals surface area contributed by atoms with Gasteiger partial charge >= 0.3 is 0 Å². The van der Waals surface area contributed by atoms with Gasteiger partial charge in [-0.05, 0) is 43.6 Å². The summed E-state index contributed by atoms with van der Waals surface area (Å²) in [5.74, 6) is 1.91. The highest BCUT2D eigenvalue weighted by atomic mass is 14.9. The fraction of sp³-hybridized carbons (Fsp3) is 1.00. The highest BCUT2D eigenvalue weighted by Crippen LogP contribution is 2.44. The highest BCUT2D eigenvalue weighted by molar-refractivity contribution is 4.91. The van der Waals surface area contributed by atoms with E-state index in [-0.39, 0.29) is 0 Å². The summed E-state index contributed by atoms with van der Waals surface area (Å²) in [5.41, 5.74) is 0.556. The fourth-order valence-electron chi connectivity index (χ4n) is 4.53. The summed E-state index contributed by atoms with van der Waals surface area (Å²) in [6.07, 6.45) is 14.6. The average molecular weight is 251 g/mol. The van der Waals surface area contributed by atoms with E-state index < -0.39 is 0 Å². The summed E-state index contributed by atoms with van der Waals surface area (Å²) in [6.45, 7) is 5.00. The first-order chi connectivity index (χ1) is 8.63. The zero-order valence-electron chi connectivity index (χ0n) is 12.8. The molecule has 2 rings (SSSR count). The molecule has 0 aromatic rings. The van der Waals surface area contributed by atoms with Crippen LogP contribution in [0, 0.1) is 17.3 Å². The minimum absolute atomic E-state index is 0.556. The molecule has 106 valence electrons. The van der Waals surface area contributed by atoms with Crippen LogP contribution in [0.15, 0.2) is 0 Å². The third kappa shape index (κ3) is 3.50. The van der Waals surface area contributed by atoms with Crippen molar-refractivity contribution in [2.24, 2.45) is 17.3 Å². The topological polar surface area (TPSA) is 12.0 Å². The second kappa shape index (κ2) is 6.41. The molecule has 0 spiro atoms. The number of rotatable bonds is 4. The van der Waals surface area contributed by atoms with Crippen molar-refractivity contribution in [3.63, 3.8) is 0 Å². The first-order valence-corrected chi connectivity index (χ1v) is 8.31. The zero-order valence-corrected chi connectivity index (χ0v) is 12.8. The van der Waals surface area contributed by atoms with Gasteiger partial charge in [-0.25, -0.2) is 0 Å². The van der Waals surface area contributed by atoms with Crippen LogP contribution in [0.3, 0.4) is 0 Å². The fourth-order valence-corrected chi connectivity index (χ4v) is 4.53. The first kappa shape index (κ1) is 14.4. The van der Waals surface area contributed by atoms with Gasteiger partial charge in [-0.1, -0.05) is 58.8 Å². The van der Waals surface area contributed by atoms with E-state index in [2.05, 4.69) is 26.2 Å². The molecule has 0 bridgehead atoms. The molecule has 2 aliphatic carbocycles.